The third-order valence-corrected chi connectivity index (χ3v) is 16.6. The highest BCUT2D eigenvalue weighted by Crippen LogP contribution is 2.50. The van der Waals surface area contributed by atoms with E-state index < -0.39 is 87.4 Å². The third-order valence-electron chi connectivity index (χ3n) is 13.4. The topological polar surface area (TPSA) is 189 Å². The van der Waals surface area contributed by atoms with Crippen molar-refractivity contribution in [2.45, 2.75) is 98.1 Å². The molecule has 0 unspecified atom stereocenters. The standard InChI is InChI=1S/C64H70N4O9S2/c1-61(2,3)77-56(71)39-38-53(66-55(70)43-52(69)37-23-24-42-78-63(46-25-11-5-12-26-46,47-27-13-6-14-28-47)48-29-15-7-16-30-48)58(73)67-54(59(74)68-62(40-41-62)60(75)65-44-57(72)76-4)45-79-64(49-31-17-8-18-32-49,50-33-19-9-20-34-50)51-35-21-10-22-36-51/h5-23,25-37,52-54,69H,24,38-45H2,1-4H3,(H,65,75)(H,66,70)(H,67,73)(H,68,74)/t52-,53-,54-/m1/s1. The normalized spacial score (nSPS) is 14.2. The van der Waals surface area contributed by atoms with Gasteiger partial charge in [-0.2, -0.15) is 0 Å². The third kappa shape index (κ3) is 15.9. The Bertz CT molecular complexity index is 2780. The van der Waals surface area contributed by atoms with Crippen LogP contribution < -0.4 is 21.3 Å². The fraction of sp³-hybridized carbons (Fsp3) is 0.312. The van der Waals surface area contributed by atoms with Crippen molar-refractivity contribution in [3.63, 3.8) is 0 Å². The largest absolute Gasteiger partial charge is 0.468 e. The van der Waals surface area contributed by atoms with Crippen LogP contribution >= 0.6 is 23.5 Å². The molecule has 1 saturated carbocycles. The summed E-state index contributed by atoms with van der Waals surface area (Å²) in [6, 6.07) is 57.8. The first-order valence-corrected chi connectivity index (χ1v) is 28.5. The molecule has 0 aromatic heterocycles. The van der Waals surface area contributed by atoms with Crippen LogP contribution in [0.2, 0.25) is 0 Å². The molecule has 79 heavy (non-hydrogen) atoms. The average molecular weight is 1100 g/mol. The van der Waals surface area contributed by atoms with E-state index in [-0.39, 0.29) is 31.4 Å². The Morgan fingerprint density at radius 2 is 1.03 bits per heavy atom. The Hall–Kier alpha value is -7.46. The first-order valence-electron chi connectivity index (χ1n) is 26.5. The minimum atomic E-state index is -1.37. The number of carbonyl (C=O) groups is 6. The highest BCUT2D eigenvalue weighted by molar-refractivity contribution is 8.00. The van der Waals surface area contributed by atoms with Gasteiger partial charge < -0.3 is 35.8 Å². The van der Waals surface area contributed by atoms with E-state index in [0.717, 1.165) is 33.4 Å². The summed E-state index contributed by atoms with van der Waals surface area (Å²) in [5.41, 5.74) is 3.90. The van der Waals surface area contributed by atoms with E-state index in [2.05, 4.69) is 57.7 Å². The Kier molecular flexibility index (Phi) is 20.9. The second-order valence-electron chi connectivity index (χ2n) is 20.3. The monoisotopic (exact) mass is 1100 g/mol. The van der Waals surface area contributed by atoms with E-state index in [9.17, 15) is 33.9 Å². The number of methoxy groups -OCH3 is 1. The molecule has 0 heterocycles. The molecule has 0 aliphatic heterocycles. The van der Waals surface area contributed by atoms with Crippen molar-refractivity contribution in [1.82, 2.24) is 21.3 Å². The minimum Gasteiger partial charge on any atom is -0.468 e. The van der Waals surface area contributed by atoms with Crippen LogP contribution in [0.5, 0.6) is 0 Å². The zero-order valence-electron chi connectivity index (χ0n) is 45.1. The van der Waals surface area contributed by atoms with Gasteiger partial charge in [0.05, 0.1) is 29.1 Å². The highest BCUT2D eigenvalue weighted by atomic mass is 32.2. The maximum absolute atomic E-state index is 14.8. The molecule has 412 valence electrons. The summed E-state index contributed by atoms with van der Waals surface area (Å²) in [4.78, 5) is 82.2. The number of ether oxygens (including phenoxy) is 2. The number of amides is 4. The molecule has 1 fully saturated rings. The molecule has 0 bridgehead atoms. The van der Waals surface area contributed by atoms with Crippen LogP contribution in [0.15, 0.2) is 194 Å². The molecule has 7 rings (SSSR count). The molecule has 13 nitrogen and oxygen atoms in total. The number of carbonyl (C=O) groups excluding carboxylic acids is 6. The van der Waals surface area contributed by atoms with Crippen molar-refractivity contribution < 1.29 is 43.3 Å². The molecule has 15 heteroatoms. The van der Waals surface area contributed by atoms with E-state index >= 15 is 0 Å². The molecular weight excluding hydrogens is 1030 g/mol. The Morgan fingerprint density at radius 1 is 0.595 bits per heavy atom. The number of aliphatic hydroxyl groups excluding tert-OH is 1. The molecule has 0 spiro atoms. The maximum atomic E-state index is 14.8. The van der Waals surface area contributed by atoms with Gasteiger partial charge in [-0.15, -0.1) is 23.5 Å². The average Bonchev–Trinajstić information content (AvgIpc) is 4.29. The number of esters is 2. The minimum absolute atomic E-state index is 0.0478. The van der Waals surface area contributed by atoms with Gasteiger partial charge in [0.1, 0.15) is 29.8 Å². The van der Waals surface area contributed by atoms with E-state index in [0.29, 0.717) is 12.2 Å². The van der Waals surface area contributed by atoms with Crippen molar-refractivity contribution in [1.29, 1.82) is 0 Å². The number of hydrogen-bond acceptors (Lipinski definition) is 11. The van der Waals surface area contributed by atoms with E-state index in [1.807, 2.05) is 152 Å². The van der Waals surface area contributed by atoms with Gasteiger partial charge in [0, 0.05) is 12.2 Å². The number of aliphatic hydroxyl groups is 1. The molecule has 0 radical (unpaired) electrons. The van der Waals surface area contributed by atoms with Gasteiger partial charge in [-0.25, -0.2) is 0 Å². The smallest absolute Gasteiger partial charge is 0.325 e. The molecule has 3 atom stereocenters. The summed E-state index contributed by atoms with van der Waals surface area (Å²) in [6.07, 6.45) is 2.43. The molecule has 1 aliphatic carbocycles. The van der Waals surface area contributed by atoms with Crippen molar-refractivity contribution in [3.05, 3.63) is 228 Å². The van der Waals surface area contributed by atoms with Gasteiger partial charge in [0.25, 0.3) is 0 Å². The zero-order valence-corrected chi connectivity index (χ0v) is 46.7. The number of nitrogens with one attached hydrogen (secondary N) is 4. The second-order valence-corrected chi connectivity index (χ2v) is 22.9. The first kappa shape index (κ1) is 59.2. The number of hydrogen-bond donors (Lipinski definition) is 5. The maximum Gasteiger partial charge on any atom is 0.325 e. The SMILES string of the molecule is COC(=O)CNC(=O)C1(NC(=O)[C@@H](CSC(c2ccccc2)(c2ccccc2)c2ccccc2)NC(=O)[C@@H](CCC(=O)OC(C)(C)C)NC(=O)C[C@H](O)C=CCCSC(c2ccccc2)(c2ccccc2)c2ccccc2)CC1. The second kappa shape index (κ2) is 27.9. The zero-order chi connectivity index (χ0) is 56.3. The molecule has 4 amide bonds. The molecule has 6 aromatic carbocycles. The van der Waals surface area contributed by atoms with Crippen molar-refractivity contribution in [2.24, 2.45) is 0 Å². The van der Waals surface area contributed by atoms with E-state index in [1.165, 1.54) is 18.9 Å². The lowest BCUT2D eigenvalue weighted by molar-refractivity contribution is -0.155. The van der Waals surface area contributed by atoms with Gasteiger partial charge in [-0.3, -0.25) is 28.8 Å². The summed E-state index contributed by atoms with van der Waals surface area (Å²) >= 11 is 3.18. The quantitative estimate of drug-likeness (QED) is 0.0143. The number of benzene rings is 6. The van der Waals surface area contributed by atoms with Gasteiger partial charge in [0.2, 0.25) is 23.6 Å². The number of rotatable bonds is 27. The van der Waals surface area contributed by atoms with E-state index in [4.69, 9.17) is 9.47 Å². The fourth-order valence-electron chi connectivity index (χ4n) is 9.42. The molecule has 1 aliphatic rings. The lowest BCUT2D eigenvalue weighted by atomic mass is 9.84. The van der Waals surface area contributed by atoms with Gasteiger partial charge in [0.15, 0.2) is 0 Å². The van der Waals surface area contributed by atoms with Crippen LogP contribution in [0.3, 0.4) is 0 Å². The number of thioether (sulfide) groups is 2. The van der Waals surface area contributed by atoms with Crippen LogP contribution in [0, 0.1) is 0 Å². The Balaban J connectivity index is 1.11. The van der Waals surface area contributed by atoms with Gasteiger partial charge >= 0.3 is 11.9 Å². The highest BCUT2D eigenvalue weighted by Gasteiger charge is 2.52. The summed E-state index contributed by atoms with van der Waals surface area (Å²) in [5.74, 6) is -3.36. The molecule has 5 N–H and O–H groups in total. The van der Waals surface area contributed by atoms with Crippen molar-refractivity contribution in [3.8, 4) is 0 Å². The summed E-state index contributed by atoms with van der Waals surface area (Å²) in [7, 11) is 1.20. The fourth-order valence-corrected chi connectivity index (χ4v) is 12.4. The van der Waals surface area contributed by atoms with E-state index in [1.54, 1.807) is 38.6 Å². The van der Waals surface area contributed by atoms with Crippen LogP contribution in [0.1, 0.15) is 92.7 Å². The van der Waals surface area contributed by atoms with Gasteiger partial charge in [-0.05, 0) is 85.6 Å². The Morgan fingerprint density at radius 3 is 1.43 bits per heavy atom. The molecule has 6 aromatic rings. The molecule has 0 saturated heterocycles. The Labute approximate surface area is 472 Å². The van der Waals surface area contributed by atoms with Crippen LogP contribution in [-0.2, 0) is 47.7 Å². The summed E-state index contributed by atoms with van der Waals surface area (Å²) in [5, 5.41) is 22.3. The predicted molar refractivity (Wildman–Crippen MR) is 312 cm³/mol. The van der Waals surface area contributed by atoms with Gasteiger partial charge in [-0.1, -0.05) is 194 Å². The lowest BCUT2D eigenvalue weighted by Crippen LogP contribution is -2.59. The summed E-state index contributed by atoms with van der Waals surface area (Å²) < 4.78 is 8.83. The predicted octanol–water partition coefficient (Wildman–Crippen LogP) is 9.16. The van der Waals surface area contributed by atoms with Crippen molar-refractivity contribution in [2.75, 3.05) is 25.2 Å². The summed E-state index contributed by atoms with van der Waals surface area (Å²) in [6.45, 7) is 4.76. The molecular formula is C64H70N4O9S2. The van der Waals surface area contributed by atoms with Crippen LogP contribution in [0.25, 0.3) is 0 Å². The first-order chi connectivity index (χ1) is 38.1. The lowest BCUT2D eigenvalue weighted by Gasteiger charge is -2.37. The van der Waals surface area contributed by atoms with Crippen LogP contribution in [-0.4, -0.2) is 95.2 Å². The number of allylic oxidation sites excluding steroid dienone is 1. The van der Waals surface area contributed by atoms with Crippen LogP contribution in [0.4, 0.5) is 0 Å². The van der Waals surface area contributed by atoms with Crippen molar-refractivity contribution >= 4 is 59.1 Å².